The zero-order valence-corrected chi connectivity index (χ0v) is 11.5. The lowest BCUT2D eigenvalue weighted by Gasteiger charge is -2.62. The Bertz CT molecular complexity index is 314. The van der Waals surface area contributed by atoms with Gasteiger partial charge in [0, 0.05) is 31.1 Å². The van der Waals surface area contributed by atoms with Crippen LogP contribution in [-0.4, -0.2) is 42.3 Å². The summed E-state index contributed by atoms with van der Waals surface area (Å²) in [6.07, 6.45) is -0.169. The van der Waals surface area contributed by atoms with Gasteiger partial charge in [0.05, 0.1) is 0 Å². The second-order valence-corrected chi connectivity index (χ2v) is 6.80. The summed E-state index contributed by atoms with van der Waals surface area (Å²) in [7, 11) is 0. The first-order chi connectivity index (χ1) is 7.73. The Morgan fingerprint density at radius 1 is 1.41 bits per heavy atom. The van der Waals surface area contributed by atoms with Crippen molar-refractivity contribution in [2.75, 3.05) is 19.6 Å². The lowest BCUT2D eigenvalue weighted by Crippen LogP contribution is -2.78. The molecule has 0 aromatic heterocycles. The molecule has 4 nitrogen and oxygen atoms in total. The Balaban J connectivity index is 1.85. The van der Waals surface area contributed by atoms with Gasteiger partial charge in [0.15, 0.2) is 0 Å². The molecule has 0 aromatic carbocycles. The number of amides is 1. The van der Waals surface area contributed by atoms with Gasteiger partial charge in [0.1, 0.15) is 5.60 Å². The third kappa shape index (κ3) is 2.28. The molecular formula is C13H24N2O2. The zero-order chi connectivity index (χ0) is 12.8. The van der Waals surface area contributed by atoms with Crippen molar-refractivity contribution in [1.29, 1.82) is 0 Å². The second kappa shape index (κ2) is 3.87. The molecule has 0 radical (unpaired) electrons. The van der Waals surface area contributed by atoms with Crippen molar-refractivity contribution in [2.45, 2.75) is 46.3 Å². The predicted molar refractivity (Wildman–Crippen MR) is 66.9 cm³/mol. The summed E-state index contributed by atoms with van der Waals surface area (Å²) in [6, 6.07) is 0.557. The van der Waals surface area contributed by atoms with Crippen molar-refractivity contribution in [1.82, 2.24) is 10.2 Å². The average Bonchev–Trinajstić information content (AvgIpc) is 1.93. The molecule has 2 rings (SSSR count). The van der Waals surface area contributed by atoms with Crippen LogP contribution in [0.25, 0.3) is 0 Å². The molecule has 1 spiro atoms. The van der Waals surface area contributed by atoms with Gasteiger partial charge in [-0.05, 0) is 26.7 Å². The number of nitrogens with zero attached hydrogens (tertiary/aromatic N) is 1. The lowest BCUT2D eigenvalue weighted by atomic mass is 9.64. The topological polar surface area (TPSA) is 41.6 Å². The van der Waals surface area contributed by atoms with Crippen LogP contribution in [0.2, 0.25) is 0 Å². The highest BCUT2D eigenvalue weighted by molar-refractivity contribution is 5.69. The summed E-state index contributed by atoms with van der Waals surface area (Å²) < 4.78 is 5.37. The van der Waals surface area contributed by atoms with Crippen molar-refractivity contribution in [3.63, 3.8) is 0 Å². The maximum Gasteiger partial charge on any atom is 0.410 e. The van der Waals surface area contributed by atoms with E-state index in [0.717, 1.165) is 19.6 Å². The van der Waals surface area contributed by atoms with Gasteiger partial charge in [-0.25, -0.2) is 4.79 Å². The van der Waals surface area contributed by atoms with Gasteiger partial charge >= 0.3 is 6.09 Å². The standard InChI is InChI=1S/C13H24N2O2/c1-9(2)10-13(6-14-10)7-15(8-13)11(16)17-12(3,4)5/h9-10,14H,6-8H2,1-5H3/t10-/m1/s1. The number of carbonyl (C=O) groups is 1. The summed E-state index contributed by atoms with van der Waals surface area (Å²) in [4.78, 5) is 13.6. The SMILES string of the molecule is CC(C)[C@H]1NCC12CN(C(=O)OC(C)(C)C)C2. The highest BCUT2D eigenvalue weighted by atomic mass is 16.6. The van der Waals surface area contributed by atoms with Crippen LogP contribution in [0.1, 0.15) is 34.6 Å². The number of rotatable bonds is 1. The second-order valence-electron chi connectivity index (χ2n) is 6.80. The van der Waals surface area contributed by atoms with Crippen LogP contribution in [0, 0.1) is 11.3 Å². The maximum atomic E-state index is 11.8. The predicted octanol–water partition coefficient (Wildman–Crippen LogP) is 1.85. The molecular weight excluding hydrogens is 216 g/mol. The molecule has 4 heteroatoms. The minimum Gasteiger partial charge on any atom is -0.444 e. The van der Waals surface area contributed by atoms with Crippen molar-refractivity contribution < 1.29 is 9.53 Å². The minimum atomic E-state index is -0.394. The van der Waals surface area contributed by atoms with Gasteiger partial charge in [-0.2, -0.15) is 0 Å². The largest absolute Gasteiger partial charge is 0.444 e. The summed E-state index contributed by atoms with van der Waals surface area (Å²) in [5.74, 6) is 0.629. The molecule has 1 amide bonds. The molecule has 2 heterocycles. The third-order valence-electron chi connectivity index (χ3n) is 3.66. The number of hydrogen-bond acceptors (Lipinski definition) is 3. The van der Waals surface area contributed by atoms with E-state index in [1.54, 1.807) is 0 Å². The fraction of sp³-hybridized carbons (Fsp3) is 0.923. The first-order valence-corrected chi connectivity index (χ1v) is 6.45. The molecule has 98 valence electrons. The summed E-state index contributed by atoms with van der Waals surface area (Å²) in [5.41, 5.74) is -0.0692. The van der Waals surface area contributed by atoms with E-state index in [4.69, 9.17) is 4.74 Å². The van der Waals surface area contributed by atoms with Gasteiger partial charge in [0.25, 0.3) is 0 Å². The van der Waals surface area contributed by atoms with E-state index >= 15 is 0 Å². The molecule has 0 aliphatic carbocycles. The molecule has 0 saturated carbocycles. The lowest BCUT2D eigenvalue weighted by molar-refractivity contribution is -0.0951. The molecule has 2 fully saturated rings. The molecule has 2 aliphatic rings. The first-order valence-electron chi connectivity index (χ1n) is 6.45. The first kappa shape index (κ1) is 12.7. The molecule has 0 unspecified atom stereocenters. The van der Waals surface area contributed by atoms with E-state index < -0.39 is 5.60 Å². The van der Waals surface area contributed by atoms with E-state index in [1.165, 1.54) is 0 Å². The van der Waals surface area contributed by atoms with Gasteiger partial charge in [0.2, 0.25) is 0 Å². The Morgan fingerprint density at radius 3 is 2.35 bits per heavy atom. The summed E-state index contributed by atoms with van der Waals surface area (Å²) >= 11 is 0. The summed E-state index contributed by atoms with van der Waals surface area (Å²) in [5, 5.41) is 3.47. The van der Waals surface area contributed by atoms with Gasteiger partial charge in [-0.15, -0.1) is 0 Å². The Labute approximate surface area is 104 Å². The highest BCUT2D eigenvalue weighted by Gasteiger charge is 2.57. The molecule has 2 aliphatic heterocycles. The molecule has 0 bridgehead atoms. The van der Waals surface area contributed by atoms with Crippen LogP contribution in [0.15, 0.2) is 0 Å². The fourth-order valence-electron chi connectivity index (χ4n) is 2.93. The van der Waals surface area contributed by atoms with Crippen LogP contribution in [-0.2, 0) is 4.74 Å². The molecule has 2 saturated heterocycles. The van der Waals surface area contributed by atoms with Gasteiger partial charge in [-0.1, -0.05) is 13.8 Å². The highest BCUT2D eigenvalue weighted by Crippen LogP contribution is 2.42. The molecule has 17 heavy (non-hydrogen) atoms. The van der Waals surface area contributed by atoms with E-state index in [9.17, 15) is 4.79 Å². The van der Waals surface area contributed by atoms with Crippen LogP contribution in [0.3, 0.4) is 0 Å². The maximum absolute atomic E-state index is 11.8. The average molecular weight is 240 g/mol. The quantitative estimate of drug-likeness (QED) is 0.760. The van der Waals surface area contributed by atoms with Crippen LogP contribution in [0.5, 0.6) is 0 Å². The number of likely N-dealkylation sites (tertiary alicyclic amines) is 1. The van der Waals surface area contributed by atoms with Crippen LogP contribution < -0.4 is 5.32 Å². The van der Waals surface area contributed by atoms with Crippen LogP contribution in [0.4, 0.5) is 4.79 Å². The smallest absolute Gasteiger partial charge is 0.410 e. The van der Waals surface area contributed by atoms with Crippen molar-refractivity contribution in [3.8, 4) is 0 Å². The molecule has 0 aromatic rings. The monoisotopic (exact) mass is 240 g/mol. The Morgan fingerprint density at radius 2 is 2.00 bits per heavy atom. The van der Waals surface area contributed by atoms with E-state index in [1.807, 2.05) is 25.7 Å². The fourth-order valence-corrected chi connectivity index (χ4v) is 2.93. The molecule has 1 atom stereocenters. The molecule has 1 N–H and O–H groups in total. The number of nitrogens with one attached hydrogen (secondary N) is 1. The van der Waals surface area contributed by atoms with Crippen molar-refractivity contribution >= 4 is 6.09 Å². The van der Waals surface area contributed by atoms with Crippen molar-refractivity contribution in [2.24, 2.45) is 11.3 Å². The minimum absolute atomic E-state index is 0.169. The number of hydrogen-bond donors (Lipinski definition) is 1. The summed E-state index contributed by atoms with van der Waals surface area (Å²) in [6.45, 7) is 12.9. The third-order valence-corrected chi connectivity index (χ3v) is 3.66. The Hall–Kier alpha value is -0.770. The van der Waals surface area contributed by atoms with E-state index in [2.05, 4.69) is 19.2 Å². The Kier molecular flexibility index (Phi) is 2.89. The van der Waals surface area contributed by atoms with E-state index in [0.29, 0.717) is 17.4 Å². The van der Waals surface area contributed by atoms with Gasteiger partial charge < -0.3 is 15.0 Å². The number of ether oxygens (including phenoxy) is 1. The van der Waals surface area contributed by atoms with Crippen molar-refractivity contribution in [3.05, 3.63) is 0 Å². The number of carbonyl (C=O) groups excluding carboxylic acids is 1. The normalized spacial score (nSPS) is 26.7. The zero-order valence-electron chi connectivity index (χ0n) is 11.5. The van der Waals surface area contributed by atoms with Crippen LogP contribution >= 0.6 is 0 Å². The van der Waals surface area contributed by atoms with E-state index in [-0.39, 0.29) is 6.09 Å². The van der Waals surface area contributed by atoms with Gasteiger partial charge in [-0.3, -0.25) is 0 Å².